The minimum atomic E-state index is -1.85. The molecule has 1 unspecified atom stereocenters. The van der Waals surface area contributed by atoms with Crippen molar-refractivity contribution in [1.29, 1.82) is 0 Å². The molecule has 0 aromatic carbocycles. The Morgan fingerprint density at radius 3 is 2.00 bits per heavy atom. The first kappa shape index (κ1) is 5.61. The van der Waals surface area contributed by atoms with E-state index in [1.807, 2.05) is 0 Å². The van der Waals surface area contributed by atoms with Crippen LogP contribution in [-0.2, 0) is 34.0 Å². The molecule has 0 aromatic rings. The van der Waals surface area contributed by atoms with Crippen molar-refractivity contribution < 1.29 is 34.0 Å². The molecule has 0 rings (SSSR count). The Kier molecular flexibility index (Phi) is 3.96. The Labute approximate surface area is 41.2 Å². The van der Waals surface area contributed by atoms with Crippen molar-refractivity contribution in [1.82, 2.24) is 0 Å². The van der Waals surface area contributed by atoms with E-state index in [2.05, 4.69) is 7.33 Å². The average molecular weight is 329 g/mol. The molecule has 0 spiro atoms. The monoisotopic (exact) mass is 331 g/mol. The molecule has 0 aromatic heterocycles. The number of rotatable bonds is 0. The molecule has 0 aliphatic carbocycles. The van der Waals surface area contributed by atoms with Crippen molar-refractivity contribution >= 4 is 7.33 Å². The number of hydrogen-bond donors (Lipinski definition) is 0. The first-order valence-electron chi connectivity index (χ1n) is 0.569. The van der Waals surface area contributed by atoms with Gasteiger partial charge in [-0.05, 0) is 0 Å². The van der Waals surface area contributed by atoms with Crippen LogP contribution in [0.5, 0.6) is 0 Å². The first-order chi connectivity index (χ1) is 1.73. The summed E-state index contributed by atoms with van der Waals surface area (Å²) in [7, 11) is 2.30. The Morgan fingerprint density at radius 1 is 2.00 bits per heavy atom. The molecule has 0 aliphatic rings. The molecule has 0 saturated heterocycles. The molecule has 1 nitrogen and oxygen atoms in total. The van der Waals surface area contributed by atoms with Crippen LogP contribution < -0.4 is 0 Å². The van der Waals surface area contributed by atoms with E-state index in [0.717, 1.165) is 0 Å². The van der Waals surface area contributed by atoms with Crippen molar-refractivity contribution in [3.05, 3.63) is 0 Å². The molecular weight excluding hydrogens is 327 g/mol. The summed E-state index contributed by atoms with van der Waals surface area (Å²) in [5.41, 5.74) is 0. The van der Waals surface area contributed by atoms with Crippen LogP contribution in [-0.4, -0.2) is 0 Å². The molecule has 4 heteroatoms. The molecule has 0 aliphatic heterocycles. The zero-order valence-corrected chi connectivity index (χ0v) is 7.90. The predicted molar refractivity (Wildman–Crippen MR) is 10.4 cm³/mol. The van der Waals surface area contributed by atoms with Crippen LogP contribution in [0.3, 0.4) is 0 Å². The molecule has 0 bridgehead atoms. The Morgan fingerprint density at radius 2 is 2.00 bits per heavy atom. The summed E-state index contributed by atoms with van der Waals surface area (Å²) in [5.74, 6) is 0. The van der Waals surface area contributed by atoms with Crippen molar-refractivity contribution in [2.75, 3.05) is 0 Å². The zero-order valence-electron chi connectivity index (χ0n) is 1.80. The van der Waals surface area contributed by atoms with E-state index < -0.39 is 13.8 Å². The summed E-state index contributed by atoms with van der Waals surface area (Å²) in [6.45, 7) is 0. The summed E-state index contributed by atoms with van der Waals surface area (Å²) in [6.07, 6.45) is 0. The van der Waals surface area contributed by atoms with Crippen LogP contribution in [0.25, 0.3) is 0 Å². The van der Waals surface area contributed by atoms with Crippen LogP contribution >= 0.6 is 7.33 Å². The van der Waals surface area contributed by atoms with Crippen molar-refractivity contribution in [2.45, 2.75) is 0 Å². The van der Waals surface area contributed by atoms with Gasteiger partial charge in [-0.25, -0.2) is 0 Å². The van der Waals surface area contributed by atoms with E-state index in [1.165, 1.54) is 0 Å². The van der Waals surface area contributed by atoms with Crippen LogP contribution in [0.2, 0.25) is 0 Å². The molecule has 0 saturated carbocycles. The maximum atomic E-state index is 9.69. The van der Waals surface area contributed by atoms with Crippen molar-refractivity contribution in [3.8, 4) is 0 Å². The average Bonchev–Trinajstić information content (AvgIpc) is 0.811. The van der Waals surface area contributed by atoms with Crippen LogP contribution in [0.4, 0.5) is 0 Å². The molecule has 0 heterocycles. The van der Waals surface area contributed by atoms with Gasteiger partial charge in [-0.1, -0.05) is 0 Å². The summed E-state index contributed by atoms with van der Waals surface area (Å²) in [5, 5.41) is 0. The van der Waals surface area contributed by atoms with E-state index in [9.17, 15) is 3.40 Å². The zero-order chi connectivity index (χ0) is 3.58. The summed E-state index contributed by atoms with van der Waals surface area (Å²) < 4.78 is 9.69. The molecule has 0 radical (unpaired) electrons. The van der Waals surface area contributed by atoms with Gasteiger partial charge < -0.3 is 0 Å². The predicted octanol–water partition coefficient (Wildman–Crippen LogP) is 0.202. The van der Waals surface area contributed by atoms with Crippen LogP contribution in [0.1, 0.15) is 0 Å². The Bertz CT molecular complexity index is 31.0. The summed E-state index contributed by atoms with van der Waals surface area (Å²) in [6, 6.07) is 0. The SMILES string of the molecule is [O]=[W]([PH2])[Mo]. The van der Waals surface area contributed by atoms with Gasteiger partial charge in [0.05, 0.1) is 0 Å². The van der Waals surface area contributed by atoms with Gasteiger partial charge in [0.15, 0.2) is 0 Å². The third-order valence-corrected chi connectivity index (χ3v) is 0. The second kappa shape index (κ2) is 2.82. The molecule has 4 heavy (non-hydrogen) atoms. The second-order valence-corrected chi connectivity index (χ2v) is 19.6. The van der Waals surface area contributed by atoms with Gasteiger partial charge in [0, 0.05) is 0 Å². The van der Waals surface area contributed by atoms with E-state index >= 15 is 0 Å². The van der Waals surface area contributed by atoms with E-state index in [0.29, 0.717) is 0 Å². The van der Waals surface area contributed by atoms with Gasteiger partial charge in [-0.3, -0.25) is 0 Å². The van der Waals surface area contributed by atoms with E-state index in [-0.39, 0.29) is 0 Å². The second-order valence-electron chi connectivity index (χ2n) is 0.260. The fraction of sp³-hybridized carbons (Fsp3) is 0. The first-order valence-corrected chi connectivity index (χ1v) is 15.2. The van der Waals surface area contributed by atoms with Gasteiger partial charge in [0.2, 0.25) is 0 Å². The van der Waals surface area contributed by atoms with Crippen molar-refractivity contribution in [3.63, 3.8) is 0 Å². The topological polar surface area (TPSA) is 17.1 Å². The van der Waals surface area contributed by atoms with Gasteiger partial charge in [0.1, 0.15) is 0 Å². The normalized spacial score (nSPS) is 8.50. The summed E-state index contributed by atoms with van der Waals surface area (Å²) in [4.78, 5) is 0. The van der Waals surface area contributed by atoms with Gasteiger partial charge >= 0.3 is 41.3 Å². The van der Waals surface area contributed by atoms with Gasteiger partial charge in [0.25, 0.3) is 0 Å². The minimum absolute atomic E-state index is 1.71. The Balaban J connectivity index is 2.80. The van der Waals surface area contributed by atoms with Crippen LogP contribution in [0, 0.1) is 0 Å². The molecule has 25 valence electrons. The quantitative estimate of drug-likeness (QED) is 0.459. The molecule has 1 atom stereocenters. The Hall–Kier alpha value is 1.61. The summed E-state index contributed by atoms with van der Waals surface area (Å²) >= 11 is -0.141. The fourth-order valence-corrected chi connectivity index (χ4v) is 0. The molecule has 0 amide bonds. The molecular formula is H2MoOPW. The fourth-order valence-electron chi connectivity index (χ4n) is 0. The molecule has 0 N–H and O–H groups in total. The third-order valence-electron chi connectivity index (χ3n) is 0. The third kappa shape index (κ3) is 9.49. The maximum absolute atomic E-state index is 9.69. The van der Waals surface area contributed by atoms with Crippen LogP contribution in [0.15, 0.2) is 0 Å². The van der Waals surface area contributed by atoms with E-state index in [4.69, 9.17) is 0 Å². The standard InChI is InChI=1S/Mo.O.H2P.W/h;;1H2;/q;;-1;+1. The number of hydrogen-bond acceptors (Lipinski definition) is 1. The van der Waals surface area contributed by atoms with E-state index in [1.54, 1.807) is 16.8 Å². The van der Waals surface area contributed by atoms with Gasteiger partial charge in [-0.2, -0.15) is 0 Å². The van der Waals surface area contributed by atoms with Crippen molar-refractivity contribution in [2.24, 2.45) is 0 Å². The molecule has 0 fully saturated rings. The van der Waals surface area contributed by atoms with Gasteiger partial charge in [-0.15, -0.1) is 0 Å².